The van der Waals surface area contributed by atoms with Crippen LogP contribution in [0.15, 0.2) is 0 Å². The Morgan fingerprint density at radius 1 is 0.512 bits per heavy atom. The zero-order chi connectivity index (χ0) is 32.6. The highest BCUT2D eigenvalue weighted by Gasteiger charge is 2.23. The van der Waals surface area contributed by atoms with E-state index in [-0.39, 0.29) is 70.7 Å². The standard InChI is InChI=1S/2C12H11I3N2O4.Mg/c2*1-4(18)3-16-10-7(13)6(12(20)21)8(14)11(9(10)15)17-5(2)19;/h2*16H,3H2,1-2H3,(H,17,19)(H,20,21);/p-2. The first-order valence-corrected chi connectivity index (χ1v) is 17.7. The molecule has 19 heteroatoms. The SMILES string of the molecule is CC(=O)CNc1c(I)c(NC(C)=O)c(I)c(C(=O)[O-])c1I.CC(=O)CNc1c(I)c(NC(C)=O)c(I)c(C(=O)[O-])c1I.[Mg]. The van der Waals surface area contributed by atoms with Crippen molar-refractivity contribution >= 4 is 217 Å². The van der Waals surface area contributed by atoms with Gasteiger partial charge in [0.25, 0.3) is 0 Å². The average molecular weight is 1280 g/mol. The van der Waals surface area contributed by atoms with Crippen molar-refractivity contribution < 1.29 is 39.0 Å². The zero-order valence-corrected chi connectivity index (χ0v) is 37.0. The van der Waals surface area contributed by atoms with Gasteiger partial charge in [-0.1, -0.05) is 0 Å². The van der Waals surface area contributed by atoms with Gasteiger partial charge in [-0.05, 0) is 149 Å². The van der Waals surface area contributed by atoms with E-state index in [0.29, 0.717) is 44.2 Å². The van der Waals surface area contributed by atoms with Crippen molar-refractivity contribution in [2.45, 2.75) is 27.7 Å². The minimum atomic E-state index is -1.34. The van der Waals surface area contributed by atoms with Gasteiger partial charge < -0.3 is 41.1 Å². The fourth-order valence-corrected chi connectivity index (χ4v) is 11.5. The van der Waals surface area contributed by atoms with Crippen molar-refractivity contribution in [1.82, 2.24) is 0 Å². The van der Waals surface area contributed by atoms with E-state index in [0.717, 1.165) is 0 Å². The number of hydrogen-bond donors (Lipinski definition) is 4. The summed E-state index contributed by atoms with van der Waals surface area (Å²) in [4.78, 5) is 67.6. The van der Waals surface area contributed by atoms with Crippen LogP contribution >= 0.6 is 136 Å². The van der Waals surface area contributed by atoms with Gasteiger partial charge in [0.05, 0.1) is 54.9 Å². The van der Waals surface area contributed by atoms with Crippen LogP contribution in [0.4, 0.5) is 22.7 Å². The van der Waals surface area contributed by atoms with Crippen molar-refractivity contribution in [2.24, 2.45) is 0 Å². The average Bonchev–Trinajstić information content (AvgIpc) is 2.83. The number of carboxylic acids is 2. The molecular formula is C24H20I6MgN4O8-2. The van der Waals surface area contributed by atoms with Crippen LogP contribution in [0, 0.1) is 21.4 Å². The molecular weight excluding hydrogens is 1260 g/mol. The monoisotopic (exact) mass is 1280 g/mol. The van der Waals surface area contributed by atoms with Crippen molar-refractivity contribution in [2.75, 3.05) is 34.4 Å². The third-order valence-corrected chi connectivity index (χ3v) is 11.1. The lowest BCUT2D eigenvalue weighted by molar-refractivity contribution is -0.256. The lowest BCUT2D eigenvalue weighted by atomic mass is 10.1. The summed E-state index contributed by atoms with van der Waals surface area (Å²) >= 11 is 11.5. The van der Waals surface area contributed by atoms with Crippen LogP contribution in [0.1, 0.15) is 48.4 Å². The third kappa shape index (κ3) is 12.5. The highest BCUT2D eigenvalue weighted by atomic mass is 127. The minimum absolute atomic E-state index is 0. The molecule has 0 spiro atoms. The zero-order valence-electron chi connectivity index (χ0n) is 22.7. The molecule has 2 aromatic carbocycles. The molecule has 0 saturated carbocycles. The van der Waals surface area contributed by atoms with Crippen LogP contribution in [0.5, 0.6) is 0 Å². The summed E-state index contributed by atoms with van der Waals surface area (Å²) in [5.41, 5.74) is 1.77. The van der Waals surface area contributed by atoms with E-state index in [1.807, 2.05) is 136 Å². The molecule has 0 aromatic heterocycles. The van der Waals surface area contributed by atoms with Crippen LogP contribution < -0.4 is 31.5 Å². The van der Waals surface area contributed by atoms with E-state index >= 15 is 0 Å². The van der Waals surface area contributed by atoms with Gasteiger partial charge in [-0.2, -0.15) is 0 Å². The fourth-order valence-electron chi connectivity index (χ4n) is 2.99. The molecule has 0 bridgehead atoms. The van der Waals surface area contributed by atoms with E-state index in [2.05, 4.69) is 21.3 Å². The molecule has 2 aromatic rings. The van der Waals surface area contributed by atoms with Crippen molar-refractivity contribution in [3.8, 4) is 0 Å². The maximum atomic E-state index is 11.4. The first kappa shape index (κ1) is 43.4. The number of carboxylic acid groups (broad SMARTS) is 2. The normalized spacial score (nSPS) is 9.91. The van der Waals surface area contributed by atoms with E-state index in [9.17, 15) is 39.0 Å². The molecule has 2 amide bonds. The summed E-state index contributed by atoms with van der Waals surface area (Å²) in [6.45, 7) is 5.66. The van der Waals surface area contributed by atoms with Crippen LogP contribution in [-0.2, 0) is 19.2 Å². The van der Waals surface area contributed by atoms with Crippen LogP contribution in [0.25, 0.3) is 0 Å². The van der Waals surface area contributed by atoms with Crippen LogP contribution in [0.2, 0.25) is 0 Å². The Balaban J connectivity index is 0.000000802. The molecule has 43 heavy (non-hydrogen) atoms. The number of carbonyl (C=O) groups is 6. The van der Waals surface area contributed by atoms with Gasteiger partial charge in [0.1, 0.15) is 11.6 Å². The Kier molecular flexibility index (Phi) is 20.1. The summed E-state index contributed by atoms with van der Waals surface area (Å²) in [6.07, 6.45) is 0. The van der Waals surface area contributed by atoms with E-state index < -0.39 is 11.9 Å². The molecule has 0 aliphatic carbocycles. The molecule has 2 rings (SSSR count). The molecule has 0 fully saturated rings. The summed E-state index contributed by atoms with van der Waals surface area (Å²) in [5, 5.41) is 33.8. The Morgan fingerprint density at radius 3 is 0.977 bits per heavy atom. The predicted octanol–water partition coefficient (Wildman–Crippen LogP) is 3.27. The number of aromatic carboxylic acids is 2. The third-order valence-electron chi connectivity index (χ3n) is 4.67. The van der Waals surface area contributed by atoms with E-state index in [1.165, 1.54) is 27.7 Å². The highest BCUT2D eigenvalue weighted by Crippen LogP contribution is 2.39. The van der Waals surface area contributed by atoms with Gasteiger partial charge in [-0.25, -0.2) is 0 Å². The maximum Gasteiger partial charge on any atom is 0.221 e. The molecule has 2 radical (unpaired) electrons. The quantitative estimate of drug-likeness (QED) is 0.203. The predicted molar refractivity (Wildman–Crippen MR) is 211 cm³/mol. The number of anilines is 4. The van der Waals surface area contributed by atoms with Crippen molar-refractivity contribution in [3.05, 3.63) is 32.5 Å². The van der Waals surface area contributed by atoms with E-state index in [4.69, 9.17) is 0 Å². The lowest BCUT2D eigenvalue weighted by Crippen LogP contribution is -2.27. The molecule has 230 valence electrons. The van der Waals surface area contributed by atoms with Gasteiger partial charge in [0, 0.05) is 62.3 Å². The number of hydrogen-bond acceptors (Lipinski definition) is 10. The summed E-state index contributed by atoms with van der Waals surface area (Å²) in [7, 11) is 0. The highest BCUT2D eigenvalue weighted by molar-refractivity contribution is 14.1. The first-order valence-electron chi connectivity index (χ1n) is 11.2. The Hall–Kier alpha value is 0.406. The van der Waals surface area contributed by atoms with Crippen LogP contribution in [0.3, 0.4) is 0 Å². The lowest BCUT2D eigenvalue weighted by Gasteiger charge is -2.20. The number of rotatable bonds is 10. The van der Waals surface area contributed by atoms with Gasteiger partial charge in [-0.15, -0.1) is 0 Å². The maximum absolute atomic E-state index is 11.4. The van der Waals surface area contributed by atoms with Gasteiger partial charge in [0.15, 0.2) is 0 Å². The summed E-state index contributed by atoms with van der Waals surface area (Å²) in [6, 6.07) is 0. The molecule has 0 unspecified atom stereocenters. The second kappa shape index (κ2) is 19.9. The fraction of sp³-hybridized carbons (Fsp3) is 0.250. The first-order chi connectivity index (χ1) is 19.3. The molecule has 0 heterocycles. The number of halogens is 6. The second-order valence-corrected chi connectivity index (χ2v) is 14.7. The van der Waals surface area contributed by atoms with E-state index in [1.54, 1.807) is 0 Å². The molecule has 12 nitrogen and oxygen atoms in total. The minimum Gasteiger partial charge on any atom is -0.545 e. The molecule has 0 atom stereocenters. The number of ketones is 2. The van der Waals surface area contributed by atoms with Gasteiger partial charge in [-0.3, -0.25) is 19.2 Å². The second-order valence-electron chi connectivity index (χ2n) is 8.18. The Morgan fingerprint density at radius 2 is 0.767 bits per heavy atom. The van der Waals surface area contributed by atoms with Gasteiger partial charge in [0.2, 0.25) is 11.8 Å². The summed E-state index contributed by atoms with van der Waals surface area (Å²) in [5.74, 6) is -3.47. The summed E-state index contributed by atoms with van der Waals surface area (Å²) < 4.78 is 2.95. The van der Waals surface area contributed by atoms with Crippen molar-refractivity contribution in [3.63, 3.8) is 0 Å². The number of benzene rings is 2. The number of Topliss-reactive ketones (excluding diaryl/α,β-unsaturated/α-hetero) is 2. The smallest absolute Gasteiger partial charge is 0.221 e. The molecule has 0 aliphatic rings. The number of carbonyl (C=O) groups excluding carboxylic acids is 6. The number of amides is 2. The molecule has 4 N–H and O–H groups in total. The molecule has 0 aliphatic heterocycles. The van der Waals surface area contributed by atoms with Crippen LogP contribution in [-0.4, -0.2) is 71.5 Å². The largest absolute Gasteiger partial charge is 0.545 e. The van der Waals surface area contributed by atoms with Crippen molar-refractivity contribution in [1.29, 1.82) is 0 Å². The number of nitrogens with one attached hydrogen (secondary N) is 4. The Bertz CT molecular complexity index is 1380. The Labute approximate surface area is 344 Å². The van der Waals surface area contributed by atoms with Gasteiger partial charge >= 0.3 is 0 Å². The molecule has 0 saturated heterocycles. The topological polar surface area (TPSA) is 197 Å².